The highest BCUT2D eigenvalue weighted by Crippen LogP contribution is 2.12. The zero-order chi connectivity index (χ0) is 11.3. The lowest BCUT2D eigenvalue weighted by Crippen LogP contribution is -2.25. The topological polar surface area (TPSA) is 59.6 Å². The standard InChI is InChI=1S/C10H13N3OS/c1-7(12-13-10(11)15)8-4-3-5-9(6-8)14-2/h3-6H,1-2H3,(H3,11,13,15). The Labute approximate surface area is 94.1 Å². The Bertz CT molecular complexity index is 390. The molecule has 0 saturated heterocycles. The summed E-state index contributed by atoms with van der Waals surface area (Å²) in [5.41, 5.74) is 9.55. The van der Waals surface area contributed by atoms with Crippen LogP contribution in [-0.2, 0) is 0 Å². The van der Waals surface area contributed by atoms with Crippen LogP contribution >= 0.6 is 12.2 Å². The minimum Gasteiger partial charge on any atom is -0.497 e. The van der Waals surface area contributed by atoms with Crippen molar-refractivity contribution < 1.29 is 4.74 Å². The van der Waals surface area contributed by atoms with Gasteiger partial charge in [0.25, 0.3) is 0 Å². The first kappa shape index (κ1) is 11.5. The van der Waals surface area contributed by atoms with Crippen molar-refractivity contribution in [2.24, 2.45) is 10.8 Å². The van der Waals surface area contributed by atoms with E-state index in [1.165, 1.54) is 0 Å². The highest BCUT2D eigenvalue weighted by molar-refractivity contribution is 7.80. The molecule has 0 amide bonds. The second-order valence-corrected chi connectivity index (χ2v) is 3.35. The third-order valence-corrected chi connectivity index (χ3v) is 1.91. The number of nitrogens with zero attached hydrogens (tertiary/aromatic N) is 1. The molecule has 0 saturated carbocycles. The van der Waals surface area contributed by atoms with Crippen molar-refractivity contribution in [3.05, 3.63) is 29.8 Å². The quantitative estimate of drug-likeness (QED) is 0.460. The summed E-state index contributed by atoms with van der Waals surface area (Å²) < 4.78 is 5.10. The highest BCUT2D eigenvalue weighted by Gasteiger charge is 1.99. The van der Waals surface area contributed by atoms with Gasteiger partial charge in [0.2, 0.25) is 0 Å². The number of thiocarbonyl (C=S) groups is 1. The monoisotopic (exact) mass is 223 g/mol. The van der Waals surface area contributed by atoms with Gasteiger partial charge in [-0.1, -0.05) is 12.1 Å². The Balaban J connectivity index is 2.85. The molecule has 0 aromatic heterocycles. The van der Waals surface area contributed by atoms with Crippen LogP contribution < -0.4 is 15.9 Å². The minimum atomic E-state index is 0.150. The second kappa shape index (κ2) is 5.31. The molecule has 1 aromatic carbocycles. The van der Waals surface area contributed by atoms with Crippen molar-refractivity contribution in [3.8, 4) is 5.75 Å². The zero-order valence-corrected chi connectivity index (χ0v) is 9.47. The number of nitrogens with one attached hydrogen (secondary N) is 1. The fourth-order valence-electron chi connectivity index (χ4n) is 1.05. The average molecular weight is 223 g/mol. The molecule has 15 heavy (non-hydrogen) atoms. The molecule has 0 aliphatic rings. The molecule has 0 aliphatic heterocycles. The highest BCUT2D eigenvalue weighted by atomic mass is 32.1. The molecule has 0 unspecified atom stereocenters. The summed E-state index contributed by atoms with van der Waals surface area (Å²) in [7, 11) is 1.62. The number of nitrogens with two attached hydrogens (primary N) is 1. The van der Waals surface area contributed by atoms with E-state index >= 15 is 0 Å². The molecule has 0 fully saturated rings. The van der Waals surface area contributed by atoms with Gasteiger partial charge in [-0.2, -0.15) is 5.10 Å². The van der Waals surface area contributed by atoms with Crippen LogP contribution in [-0.4, -0.2) is 17.9 Å². The smallest absolute Gasteiger partial charge is 0.184 e. The zero-order valence-electron chi connectivity index (χ0n) is 8.65. The predicted octanol–water partition coefficient (Wildman–Crippen LogP) is 1.25. The number of rotatable bonds is 3. The molecule has 5 heteroatoms. The van der Waals surface area contributed by atoms with Gasteiger partial charge in [-0.3, -0.25) is 5.43 Å². The Kier molecular flexibility index (Phi) is 4.05. The van der Waals surface area contributed by atoms with Gasteiger partial charge >= 0.3 is 0 Å². The first-order valence-corrected chi connectivity index (χ1v) is 4.78. The van der Waals surface area contributed by atoms with Crippen molar-refractivity contribution in [2.75, 3.05) is 7.11 Å². The Morgan fingerprint density at radius 1 is 1.53 bits per heavy atom. The van der Waals surface area contributed by atoms with Crippen LogP contribution in [0.4, 0.5) is 0 Å². The van der Waals surface area contributed by atoms with E-state index < -0.39 is 0 Å². The third-order valence-electron chi connectivity index (χ3n) is 1.82. The number of ether oxygens (including phenoxy) is 1. The Morgan fingerprint density at radius 2 is 2.27 bits per heavy atom. The van der Waals surface area contributed by atoms with Crippen molar-refractivity contribution in [1.29, 1.82) is 0 Å². The first-order valence-electron chi connectivity index (χ1n) is 4.37. The van der Waals surface area contributed by atoms with Crippen LogP contribution in [0.5, 0.6) is 5.75 Å². The molecule has 0 heterocycles. The van der Waals surface area contributed by atoms with Gasteiger partial charge in [0.1, 0.15) is 5.75 Å². The number of hydrogen-bond donors (Lipinski definition) is 2. The molecule has 4 nitrogen and oxygen atoms in total. The maximum atomic E-state index is 5.26. The van der Waals surface area contributed by atoms with Crippen molar-refractivity contribution >= 4 is 23.0 Å². The van der Waals surface area contributed by atoms with Crippen LogP contribution in [0.1, 0.15) is 12.5 Å². The molecule has 1 rings (SSSR count). The summed E-state index contributed by atoms with van der Waals surface area (Å²) in [6.45, 7) is 1.86. The molecule has 0 atom stereocenters. The summed E-state index contributed by atoms with van der Waals surface area (Å²) in [6, 6.07) is 7.59. The average Bonchev–Trinajstić information content (AvgIpc) is 2.26. The largest absolute Gasteiger partial charge is 0.497 e. The van der Waals surface area contributed by atoms with Gasteiger partial charge in [0, 0.05) is 5.56 Å². The molecule has 80 valence electrons. The van der Waals surface area contributed by atoms with E-state index in [1.807, 2.05) is 31.2 Å². The van der Waals surface area contributed by atoms with Gasteiger partial charge in [0.15, 0.2) is 5.11 Å². The van der Waals surface area contributed by atoms with Gasteiger partial charge in [-0.25, -0.2) is 0 Å². The van der Waals surface area contributed by atoms with E-state index in [0.717, 1.165) is 17.0 Å². The van der Waals surface area contributed by atoms with Crippen LogP contribution in [0.25, 0.3) is 0 Å². The van der Waals surface area contributed by atoms with E-state index in [-0.39, 0.29) is 5.11 Å². The van der Waals surface area contributed by atoms with Crippen molar-refractivity contribution in [1.82, 2.24) is 5.43 Å². The summed E-state index contributed by atoms with van der Waals surface area (Å²) in [6.07, 6.45) is 0. The van der Waals surface area contributed by atoms with E-state index in [0.29, 0.717) is 0 Å². The molecule has 1 aromatic rings. The number of hydrazone groups is 1. The fourth-order valence-corrected chi connectivity index (χ4v) is 1.10. The minimum absolute atomic E-state index is 0.150. The molecule has 0 bridgehead atoms. The lowest BCUT2D eigenvalue weighted by Gasteiger charge is -2.04. The van der Waals surface area contributed by atoms with Crippen molar-refractivity contribution in [3.63, 3.8) is 0 Å². The summed E-state index contributed by atoms with van der Waals surface area (Å²) in [4.78, 5) is 0. The molecule has 0 spiro atoms. The number of benzene rings is 1. The van der Waals surface area contributed by atoms with Crippen LogP contribution in [0.3, 0.4) is 0 Å². The van der Waals surface area contributed by atoms with E-state index in [1.54, 1.807) is 7.11 Å². The first-order chi connectivity index (χ1) is 7.13. The number of methoxy groups -OCH3 is 1. The van der Waals surface area contributed by atoms with Crippen LogP contribution in [0.2, 0.25) is 0 Å². The van der Waals surface area contributed by atoms with Gasteiger partial charge in [0.05, 0.1) is 12.8 Å². The van der Waals surface area contributed by atoms with E-state index in [9.17, 15) is 0 Å². The lowest BCUT2D eigenvalue weighted by molar-refractivity contribution is 0.414. The molecular formula is C10H13N3OS. The number of hydrogen-bond acceptors (Lipinski definition) is 3. The van der Waals surface area contributed by atoms with E-state index in [4.69, 9.17) is 10.5 Å². The summed E-state index contributed by atoms with van der Waals surface area (Å²) in [5.74, 6) is 0.789. The second-order valence-electron chi connectivity index (χ2n) is 2.91. The predicted molar refractivity (Wildman–Crippen MR) is 65.1 cm³/mol. The van der Waals surface area contributed by atoms with Crippen LogP contribution in [0, 0.1) is 0 Å². The Morgan fingerprint density at radius 3 is 2.87 bits per heavy atom. The lowest BCUT2D eigenvalue weighted by atomic mass is 10.1. The summed E-state index contributed by atoms with van der Waals surface area (Å²) in [5, 5.41) is 4.16. The van der Waals surface area contributed by atoms with Gasteiger partial charge in [-0.05, 0) is 31.3 Å². The Hall–Kier alpha value is -1.62. The van der Waals surface area contributed by atoms with Gasteiger partial charge in [-0.15, -0.1) is 0 Å². The molecule has 0 radical (unpaired) electrons. The normalized spacial score (nSPS) is 10.9. The summed E-state index contributed by atoms with van der Waals surface area (Å²) >= 11 is 4.65. The molecule has 0 aliphatic carbocycles. The third kappa shape index (κ3) is 3.55. The van der Waals surface area contributed by atoms with E-state index in [2.05, 4.69) is 22.7 Å². The van der Waals surface area contributed by atoms with Crippen LogP contribution in [0.15, 0.2) is 29.4 Å². The van der Waals surface area contributed by atoms with Crippen molar-refractivity contribution in [2.45, 2.75) is 6.92 Å². The fraction of sp³-hybridized carbons (Fsp3) is 0.200. The SMILES string of the molecule is COc1cccc(C(C)=NNC(N)=S)c1. The molecular weight excluding hydrogens is 210 g/mol. The maximum Gasteiger partial charge on any atom is 0.184 e. The molecule has 3 N–H and O–H groups in total. The maximum absolute atomic E-state index is 5.26. The van der Waals surface area contributed by atoms with Gasteiger partial charge < -0.3 is 10.5 Å².